The third-order valence-electron chi connectivity index (χ3n) is 2.38. The minimum Gasteiger partial charge on any atom is -0.355 e. The molecule has 6 heteroatoms. The van der Waals surface area contributed by atoms with Gasteiger partial charge in [0, 0.05) is 24.7 Å². The minimum atomic E-state index is 0.210. The van der Waals surface area contributed by atoms with E-state index in [4.69, 9.17) is 51.8 Å². The van der Waals surface area contributed by atoms with Gasteiger partial charge in [0.1, 0.15) is 5.84 Å². The van der Waals surface area contributed by atoms with Crippen molar-refractivity contribution in [2.24, 2.45) is 0 Å². The Balaban J connectivity index is 2.81. The van der Waals surface area contributed by atoms with E-state index in [2.05, 4.69) is 0 Å². The molecule has 15 heavy (non-hydrogen) atoms. The minimum absolute atomic E-state index is 0.210. The highest BCUT2D eigenvalue weighted by atomic mass is 35.5. The molecule has 1 aromatic rings. The average molecular weight is 284 g/mol. The van der Waals surface area contributed by atoms with Crippen LogP contribution >= 0.6 is 46.4 Å². The van der Waals surface area contributed by atoms with E-state index in [9.17, 15) is 0 Å². The molecular formula is C9H6Cl4N2. The molecule has 1 aliphatic rings. The summed E-state index contributed by atoms with van der Waals surface area (Å²) in [6.45, 7) is 0.531. The maximum absolute atomic E-state index is 7.82. The Kier molecular flexibility index (Phi) is 2.80. The van der Waals surface area contributed by atoms with Crippen molar-refractivity contribution < 1.29 is 0 Å². The highest BCUT2D eigenvalue weighted by Crippen LogP contribution is 2.44. The summed E-state index contributed by atoms with van der Waals surface area (Å²) in [7, 11) is 1.79. The lowest BCUT2D eigenvalue weighted by atomic mass is 10.1. The van der Waals surface area contributed by atoms with Crippen molar-refractivity contribution in [2.45, 2.75) is 6.54 Å². The molecule has 0 spiro atoms. The number of benzene rings is 1. The maximum Gasteiger partial charge on any atom is 0.130 e. The smallest absolute Gasteiger partial charge is 0.130 e. The predicted molar refractivity (Wildman–Crippen MR) is 64.8 cm³/mol. The van der Waals surface area contributed by atoms with Gasteiger partial charge < -0.3 is 4.90 Å². The molecule has 2 nitrogen and oxygen atoms in total. The first-order valence-electron chi connectivity index (χ1n) is 4.10. The van der Waals surface area contributed by atoms with Gasteiger partial charge in [0.05, 0.1) is 20.1 Å². The summed E-state index contributed by atoms with van der Waals surface area (Å²) < 4.78 is 0. The molecule has 1 aromatic carbocycles. The molecule has 0 aliphatic carbocycles. The zero-order chi connectivity index (χ0) is 11.3. The highest BCUT2D eigenvalue weighted by Gasteiger charge is 2.30. The molecule has 0 saturated heterocycles. The average Bonchev–Trinajstić information content (AvgIpc) is 2.50. The standard InChI is InChI=1S/C9H6Cl4N2/c1-15-2-3-4(9(15)14)6(11)8(13)7(12)5(3)10/h14H,2H2,1H3. The lowest BCUT2D eigenvalue weighted by Crippen LogP contribution is -2.17. The SMILES string of the molecule is CN1Cc2c(Cl)c(Cl)c(Cl)c(Cl)c2C1=N. The molecule has 0 atom stereocenters. The molecule has 1 aliphatic heterocycles. The van der Waals surface area contributed by atoms with E-state index in [0.29, 0.717) is 28.0 Å². The lowest BCUT2D eigenvalue weighted by molar-refractivity contribution is 0.521. The number of fused-ring (bicyclic) bond motifs is 1. The van der Waals surface area contributed by atoms with Gasteiger partial charge in [-0.05, 0) is 0 Å². The number of hydrogen-bond acceptors (Lipinski definition) is 1. The summed E-state index contributed by atoms with van der Waals surface area (Å²) in [5, 5.41) is 8.97. The number of amidine groups is 1. The first-order chi connectivity index (χ1) is 6.95. The predicted octanol–water partition coefficient (Wildman–Crippen LogP) is 4.07. The van der Waals surface area contributed by atoms with Gasteiger partial charge >= 0.3 is 0 Å². The Bertz CT molecular complexity index is 470. The zero-order valence-corrected chi connectivity index (χ0v) is 10.7. The summed E-state index contributed by atoms with van der Waals surface area (Å²) in [4.78, 5) is 1.73. The van der Waals surface area contributed by atoms with Crippen molar-refractivity contribution in [1.82, 2.24) is 4.90 Å². The first kappa shape index (κ1) is 11.3. The maximum atomic E-state index is 7.82. The van der Waals surface area contributed by atoms with Gasteiger partial charge in [0.2, 0.25) is 0 Å². The van der Waals surface area contributed by atoms with Crippen LogP contribution in [0.4, 0.5) is 0 Å². The van der Waals surface area contributed by atoms with Gasteiger partial charge in [-0.2, -0.15) is 0 Å². The quantitative estimate of drug-likeness (QED) is 0.564. The van der Waals surface area contributed by atoms with Crippen LogP contribution in [0.25, 0.3) is 0 Å². The van der Waals surface area contributed by atoms with Crippen LogP contribution in [0.1, 0.15) is 11.1 Å². The van der Waals surface area contributed by atoms with E-state index >= 15 is 0 Å². The van der Waals surface area contributed by atoms with Crippen LogP contribution in [-0.4, -0.2) is 17.8 Å². The molecule has 1 heterocycles. The van der Waals surface area contributed by atoms with E-state index in [1.165, 1.54) is 0 Å². The van der Waals surface area contributed by atoms with E-state index in [1.54, 1.807) is 11.9 Å². The second-order valence-corrected chi connectivity index (χ2v) is 4.83. The van der Waals surface area contributed by atoms with Gasteiger partial charge in [-0.25, -0.2) is 0 Å². The number of nitrogens with zero attached hydrogens (tertiary/aromatic N) is 1. The van der Waals surface area contributed by atoms with Crippen molar-refractivity contribution in [1.29, 1.82) is 5.41 Å². The monoisotopic (exact) mass is 282 g/mol. The van der Waals surface area contributed by atoms with Crippen LogP contribution in [-0.2, 0) is 6.54 Å². The van der Waals surface area contributed by atoms with Gasteiger partial charge in [-0.1, -0.05) is 46.4 Å². The van der Waals surface area contributed by atoms with Crippen LogP contribution in [0.2, 0.25) is 20.1 Å². The molecule has 0 bridgehead atoms. The number of nitrogens with one attached hydrogen (secondary N) is 1. The fraction of sp³-hybridized carbons (Fsp3) is 0.222. The van der Waals surface area contributed by atoms with Crippen molar-refractivity contribution in [2.75, 3.05) is 7.05 Å². The van der Waals surface area contributed by atoms with Crippen LogP contribution in [0.5, 0.6) is 0 Å². The third-order valence-corrected chi connectivity index (χ3v) is 4.22. The summed E-state index contributed by atoms with van der Waals surface area (Å²) in [6.07, 6.45) is 0. The van der Waals surface area contributed by atoms with Crippen molar-refractivity contribution >= 4 is 52.2 Å². The molecule has 0 radical (unpaired) electrons. The van der Waals surface area contributed by atoms with E-state index in [1.807, 2.05) is 0 Å². The van der Waals surface area contributed by atoms with E-state index < -0.39 is 0 Å². The molecule has 80 valence electrons. The highest BCUT2D eigenvalue weighted by molar-refractivity contribution is 6.53. The largest absolute Gasteiger partial charge is 0.355 e. The summed E-state index contributed by atoms with van der Waals surface area (Å²) in [6, 6.07) is 0. The summed E-state index contributed by atoms with van der Waals surface area (Å²) in [5.41, 5.74) is 1.35. The van der Waals surface area contributed by atoms with E-state index in [-0.39, 0.29) is 10.0 Å². The van der Waals surface area contributed by atoms with Gasteiger partial charge in [0.25, 0.3) is 0 Å². The second kappa shape index (κ2) is 3.70. The molecular weight excluding hydrogens is 278 g/mol. The normalized spacial score (nSPS) is 14.7. The van der Waals surface area contributed by atoms with Crippen LogP contribution in [0.3, 0.4) is 0 Å². The fourth-order valence-electron chi connectivity index (χ4n) is 1.58. The van der Waals surface area contributed by atoms with E-state index in [0.717, 1.165) is 5.56 Å². The molecule has 0 unspecified atom stereocenters. The zero-order valence-electron chi connectivity index (χ0n) is 7.67. The van der Waals surface area contributed by atoms with Crippen molar-refractivity contribution in [3.8, 4) is 0 Å². The van der Waals surface area contributed by atoms with Crippen molar-refractivity contribution in [3.63, 3.8) is 0 Å². The molecule has 0 aromatic heterocycles. The topological polar surface area (TPSA) is 27.1 Å². The van der Waals surface area contributed by atoms with Crippen LogP contribution in [0.15, 0.2) is 0 Å². The van der Waals surface area contributed by atoms with Crippen LogP contribution < -0.4 is 0 Å². The van der Waals surface area contributed by atoms with Gasteiger partial charge in [-0.3, -0.25) is 5.41 Å². The Morgan fingerprint density at radius 2 is 1.53 bits per heavy atom. The lowest BCUT2D eigenvalue weighted by Gasteiger charge is -2.09. The Hall–Kier alpha value is -0.150. The first-order valence-corrected chi connectivity index (χ1v) is 5.61. The Morgan fingerprint density at radius 3 is 2.13 bits per heavy atom. The Labute approximate surface area is 107 Å². The molecule has 0 amide bonds. The van der Waals surface area contributed by atoms with Gasteiger partial charge in [-0.15, -0.1) is 0 Å². The fourth-order valence-corrected chi connectivity index (χ4v) is 2.62. The molecule has 0 saturated carbocycles. The number of halogens is 4. The molecule has 0 fully saturated rings. The number of rotatable bonds is 0. The van der Waals surface area contributed by atoms with Crippen LogP contribution in [0, 0.1) is 5.41 Å². The number of hydrogen-bond donors (Lipinski definition) is 1. The Morgan fingerprint density at radius 1 is 1.00 bits per heavy atom. The third kappa shape index (κ3) is 1.51. The summed E-state index contributed by atoms with van der Waals surface area (Å²) in [5.74, 6) is 0.315. The second-order valence-electron chi connectivity index (χ2n) is 3.31. The summed E-state index contributed by atoms with van der Waals surface area (Å²) >= 11 is 23.9. The molecule has 2 rings (SSSR count). The van der Waals surface area contributed by atoms with Crippen molar-refractivity contribution in [3.05, 3.63) is 31.2 Å². The van der Waals surface area contributed by atoms with Gasteiger partial charge in [0.15, 0.2) is 0 Å². The molecule has 1 N–H and O–H groups in total.